The van der Waals surface area contributed by atoms with Gasteiger partial charge >= 0.3 is 12.1 Å². The summed E-state index contributed by atoms with van der Waals surface area (Å²) >= 11 is 0. The summed E-state index contributed by atoms with van der Waals surface area (Å²) in [6.07, 6.45) is -0.445. The van der Waals surface area contributed by atoms with E-state index in [0.29, 0.717) is 43.9 Å². The van der Waals surface area contributed by atoms with Crippen molar-refractivity contribution in [3.8, 4) is 5.75 Å². The molecule has 1 unspecified atom stereocenters. The standard InChI is InChI=1S/C25H31N5O5/c26-24(27)21-14-19(31)6-7-22(21)30-16-20(35-25(30)33)15-29-12-10-28(11-13-29)9-8-23(32)34-17-18-4-2-1-3-5-18/h1-7,14,20,31H,8-13,15-17H2,(H3,26,27). The lowest BCUT2D eigenvalue weighted by Crippen LogP contribution is -2.49. The van der Waals surface area contributed by atoms with Crippen LogP contribution < -0.4 is 10.6 Å². The predicted molar refractivity (Wildman–Crippen MR) is 130 cm³/mol. The van der Waals surface area contributed by atoms with Crippen molar-refractivity contribution in [3.63, 3.8) is 0 Å². The summed E-state index contributed by atoms with van der Waals surface area (Å²) in [6.45, 7) is 5.16. The van der Waals surface area contributed by atoms with Crippen LogP contribution >= 0.6 is 0 Å². The SMILES string of the molecule is N=C(N)c1cc(O)ccc1N1CC(CN2CCN(CCC(=O)OCc3ccccc3)CC2)OC1=O. The fourth-order valence-corrected chi connectivity index (χ4v) is 4.33. The van der Waals surface area contributed by atoms with Crippen LogP contribution in [0, 0.1) is 5.41 Å². The van der Waals surface area contributed by atoms with Gasteiger partial charge in [0.05, 0.1) is 18.7 Å². The Hall–Kier alpha value is -3.63. The van der Waals surface area contributed by atoms with Gasteiger partial charge in [0.2, 0.25) is 0 Å². The molecule has 0 aromatic heterocycles. The Morgan fingerprint density at radius 2 is 1.83 bits per heavy atom. The van der Waals surface area contributed by atoms with Gasteiger partial charge in [-0.3, -0.25) is 20.0 Å². The van der Waals surface area contributed by atoms with Crippen LogP contribution in [0.3, 0.4) is 0 Å². The minimum absolute atomic E-state index is 0.0228. The van der Waals surface area contributed by atoms with Crippen molar-refractivity contribution < 1.29 is 24.2 Å². The van der Waals surface area contributed by atoms with E-state index in [-0.39, 0.29) is 23.7 Å². The topological polar surface area (TPSA) is 132 Å². The first-order valence-electron chi connectivity index (χ1n) is 11.7. The fourth-order valence-electron chi connectivity index (χ4n) is 4.33. The second-order valence-electron chi connectivity index (χ2n) is 8.77. The molecule has 0 saturated carbocycles. The van der Waals surface area contributed by atoms with Crippen molar-refractivity contribution in [3.05, 3.63) is 59.7 Å². The monoisotopic (exact) mass is 481 g/mol. The molecule has 2 heterocycles. The van der Waals surface area contributed by atoms with Crippen molar-refractivity contribution in [2.24, 2.45) is 5.73 Å². The Kier molecular flexibility index (Phi) is 7.84. The van der Waals surface area contributed by atoms with Crippen LogP contribution in [-0.2, 0) is 20.9 Å². The number of benzene rings is 2. The molecule has 2 aliphatic rings. The number of anilines is 1. The van der Waals surface area contributed by atoms with Crippen molar-refractivity contribution in [1.29, 1.82) is 5.41 Å². The molecule has 0 spiro atoms. The number of ether oxygens (including phenoxy) is 2. The number of nitrogens with two attached hydrogens (primary N) is 1. The van der Waals surface area contributed by atoms with E-state index in [1.807, 2.05) is 30.3 Å². The lowest BCUT2D eigenvalue weighted by Gasteiger charge is -2.35. The summed E-state index contributed by atoms with van der Waals surface area (Å²) in [5.74, 6) is -0.453. The molecule has 1 atom stereocenters. The number of carbonyl (C=O) groups is 2. The lowest BCUT2D eigenvalue weighted by molar-refractivity contribution is -0.145. The van der Waals surface area contributed by atoms with Gasteiger partial charge in [-0.25, -0.2) is 4.79 Å². The highest BCUT2D eigenvalue weighted by molar-refractivity contribution is 6.04. The number of phenolic OH excluding ortho intramolecular Hbond substituents is 1. The normalized spacial score (nSPS) is 18.9. The summed E-state index contributed by atoms with van der Waals surface area (Å²) < 4.78 is 10.9. The molecule has 2 aromatic rings. The van der Waals surface area contributed by atoms with Crippen molar-refractivity contribution in [2.45, 2.75) is 19.1 Å². The molecule has 35 heavy (non-hydrogen) atoms. The Morgan fingerprint density at radius 3 is 2.54 bits per heavy atom. The quantitative estimate of drug-likeness (QED) is 0.280. The van der Waals surface area contributed by atoms with Gasteiger partial charge in [0.25, 0.3) is 0 Å². The molecule has 2 fully saturated rings. The average molecular weight is 482 g/mol. The predicted octanol–water partition coefficient (Wildman–Crippen LogP) is 1.75. The highest BCUT2D eigenvalue weighted by Gasteiger charge is 2.35. The summed E-state index contributed by atoms with van der Waals surface area (Å²) in [6, 6.07) is 14.0. The average Bonchev–Trinajstić information content (AvgIpc) is 3.22. The largest absolute Gasteiger partial charge is 0.508 e. The van der Waals surface area contributed by atoms with E-state index in [1.54, 1.807) is 6.07 Å². The lowest BCUT2D eigenvalue weighted by atomic mass is 10.1. The number of cyclic esters (lactones) is 1. The maximum absolute atomic E-state index is 12.5. The zero-order chi connectivity index (χ0) is 24.8. The van der Waals surface area contributed by atoms with Gasteiger partial charge in [0.1, 0.15) is 24.3 Å². The van der Waals surface area contributed by atoms with Gasteiger partial charge in [0.15, 0.2) is 0 Å². The maximum Gasteiger partial charge on any atom is 0.414 e. The minimum atomic E-state index is -0.490. The molecular weight excluding hydrogens is 450 g/mol. The van der Waals surface area contributed by atoms with Crippen LogP contribution in [0.5, 0.6) is 5.75 Å². The van der Waals surface area contributed by atoms with Gasteiger partial charge in [0, 0.05) is 44.8 Å². The van der Waals surface area contributed by atoms with Gasteiger partial charge < -0.3 is 25.2 Å². The number of phenols is 1. The summed E-state index contributed by atoms with van der Waals surface area (Å²) in [5.41, 5.74) is 7.35. The molecule has 186 valence electrons. The molecule has 10 heteroatoms. The third-order valence-corrected chi connectivity index (χ3v) is 6.24. The number of piperazine rings is 1. The zero-order valence-corrected chi connectivity index (χ0v) is 19.6. The van der Waals surface area contributed by atoms with E-state index in [2.05, 4.69) is 9.80 Å². The molecule has 0 bridgehead atoms. The van der Waals surface area contributed by atoms with Crippen LogP contribution in [0.15, 0.2) is 48.5 Å². The van der Waals surface area contributed by atoms with Crippen LogP contribution in [-0.4, -0.2) is 84.7 Å². The van der Waals surface area contributed by atoms with Crippen LogP contribution in [0.4, 0.5) is 10.5 Å². The molecular formula is C25H31N5O5. The first-order chi connectivity index (χ1) is 16.9. The number of esters is 1. The van der Waals surface area contributed by atoms with E-state index in [4.69, 9.17) is 20.6 Å². The molecule has 0 aliphatic carbocycles. The molecule has 2 aromatic carbocycles. The number of aromatic hydroxyl groups is 1. The Morgan fingerprint density at radius 1 is 1.11 bits per heavy atom. The van der Waals surface area contributed by atoms with E-state index >= 15 is 0 Å². The zero-order valence-electron chi connectivity index (χ0n) is 19.6. The van der Waals surface area contributed by atoms with Crippen LogP contribution in [0.2, 0.25) is 0 Å². The number of hydrogen-bond donors (Lipinski definition) is 3. The summed E-state index contributed by atoms with van der Waals surface area (Å²) in [4.78, 5) is 30.5. The van der Waals surface area contributed by atoms with Crippen molar-refractivity contribution >= 4 is 23.6 Å². The molecule has 1 amide bonds. The number of amidine groups is 1. The smallest absolute Gasteiger partial charge is 0.414 e. The number of nitrogens with zero attached hydrogens (tertiary/aromatic N) is 3. The molecule has 4 rings (SSSR count). The minimum Gasteiger partial charge on any atom is -0.508 e. The van der Waals surface area contributed by atoms with Crippen LogP contribution in [0.25, 0.3) is 0 Å². The third-order valence-electron chi connectivity index (χ3n) is 6.24. The van der Waals surface area contributed by atoms with Gasteiger partial charge in [-0.1, -0.05) is 30.3 Å². The third kappa shape index (κ3) is 6.49. The highest BCUT2D eigenvalue weighted by Crippen LogP contribution is 2.28. The Bertz CT molecular complexity index is 1060. The number of rotatable bonds is 9. The Labute approximate surface area is 204 Å². The van der Waals surface area contributed by atoms with Gasteiger partial charge in [-0.05, 0) is 23.8 Å². The molecule has 10 nitrogen and oxygen atoms in total. The van der Waals surface area contributed by atoms with Gasteiger partial charge in [-0.15, -0.1) is 0 Å². The fraction of sp³-hybridized carbons (Fsp3) is 0.400. The van der Waals surface area contributed by atoms with E-state index in [1.165, 1.54) is 17.0 Å². The Balaban J connectivity index is 1.19. The number of nitrogens with one attached hydrogen (secondary N) is 1. The second-order valence-corrected chi connectivity index (χ2v) is 8.77. The van der Waals surface area contributed by atoms with Crippen molar-refractivity contribution in [2.75, 3.05) is 50.7 Å². The first kappa shape index (κ1) is 24.5. The molecule has 2 saturated heterocycles. The van der Waals surface area contributed by atoms with Crippen molar-refractivity contribution in [1.82, 2.24) is 9.80 Å². The van der Waals surface area contributed by atoms with Crippen LogP contribution in [0.1, 0.15) is 17.5 Å². The number of hydrogen-bond acceptors (Lipinski definition) is 8. The van der Waals surface area contributed by atoms with E-state index < -0.39 is 6.09 Å². The summed E-state index contributed by atoms with van der Waals surface area (Å²) in [7, 11) is 0. The number of amides is 1. The molecule has 2 aliphatic heterocycles. The highest BCUT2D eigenvalue weighted by atomic mass is 16.6. The number of carbonyl (C=O) groups excluding carboxylic acids is 2. The van der Waals surface area contributed by atoms with Gasteiger partial charge in [-0.2, -0.15) is 0 Å². The summed E-state index contributed by atoms with van der Waals surface area (Å²) in [5, 5.41) is 17.5. The first-order valence-corrected chi connectivity index (χ1v) is 11.7. The van der Waals surface area contributed by atoms with E-state index in [0.717, 1.165) is 31.7 Å². The van der Waals surface area contributed by atoms with E-state index in [9.17, 15) is 14.7 Å². The number of nitrogen functional groups attached to an aromatic ring is 1. The maximum atomic E-state index is 12.5. The molecule has 0 radical (unpaired) electrons. The molecule has 4 N–H and O–H groups in total. The second kappa shape index (κ2) is 11.2.